The van der Waals surface area contributed by atoms with Gasteiger partial charge in [0.2, 0.25) is 5.91 Å². The van der Waals surface area contributed by atoms with Gasteiger partial charge >= 0.3 is 0 Å². The van der Waals surface area contributed by atoms with Gasteiger partial charge in [0.1, 0.15) is 5.70 Å². The molecular weight excluding hydrogens is 520 g/mol. The molecule has 1 atom stereocenters. The minimum Gasteiger partial charge on any atom is -0.325 e. The summed E-state index contributed by atoms with van der Waals surface area (Å²) in [5, 5.41) is 8.21. The first kappa shape index (κ1) is 28.3. The number of thioether (sulfide) groups is 1. The molecule has 3 aromatic carbocycles. The summed E-state index contributed by atoms with van der Waals surface area (Å²) in [7, 11) is 0. The van der Waals surface area contributed by atoms with Gasteiger partial charge in [0.05, 0.1) is 5.25 Å². The fraction of sp³-hybridized carbons (Fsp3) is 0.125. The fourth-order valence-electron chi connectivity index (χ4n) is 3.79. The Kier molecular flexibility index (Phi) is 9.48. The molecule has 0 aliphatic heterocycles. The van der Waals surface area contributed by atoms with Gasteiger partial charge in [0.25, 0.3) is 11.8 Å². The molecule has 8 heteroatoms. The number of hydrogen-bond acceptors (Lipinski definition) is 5. The number of aryl methyl sites for hydroxylation is 1. The van der Waals surface area contributed by atoms with Crippen LogP contribution in [0.3, 0.4) is 0 Å². The molecule has 1 heterocycles. The first-order valence-electron chi connectivity index (χ1n) is 12.7. The molecule has 0 saturated heterocycles. The van der Waals surface area contributed by atoms with Crippen LogP contribution in [0.5, 0.6) is 0 Å². The Morgan fingerprint density at radius 2 is 1.65 bits per heavy atom. The zero-order chi connectivity index (χ0) is 28.5. The maximum absolute atomic E-state index is 13.3. The van der Waals surface area contributed by atoms with Gasteiger partial charge in [-0.15, -0.1) is 11.8 Å². The Hall–Kier alpha value is -4.69. The van der Waals surface area contributed by atoms with E-state index in [2.05, 4.69) is 20.9 Å². The van der Waals surface area contributed by atoms with Crippen LogP contribution in [0.4, 0.5) is 11.4 Å². The first-order chi connectivity index (χ1) is 19.3. The molecule has 0 radical (unpaired) electrons. The van der Waals surface area contributed by atoms with Crippen LogP contribution in [0.15, 0.2) is 108 Å². The van der Waals surface area contributed by atoms with Gasteiger partial charge in [-0.25, -0.2) is 0 Å². The number of benzene rings is 3. The zero-order valence-electron chi connectivity index (χ0n) is 22.5. The molecule has 4 rings (SSSR count). The van der Waals surface area contributed by atoms with Gasteiger partial charge in [-0.2, -0.15) is 0 Å². The summed E-state index contributed by atoms with van der Waals surface area (Å²) in [5.41, 5.74) is 4.63. The molecule has 0 fully saturated rings. The third-order valence-corrected chi connectivity index (χ3v) is 7.25. The summed E-state index contributed by atoms with van der Waals surface area (Å²) in [6, 6.07) is 25.3. The summed E-state index contributed by atoms with van der Waals surface area (Å²) < 4.78 is 0. The van der Waals surface area contributed by atoms with Crippen LogP contribution in [0.25, 0.3) is 6.08 Å². The van der Waals surface area contributed by atoms with E-state index in [1.807, 2.05) is 51.1 Å². The number of carbonyl (C=O) groups is 3. The Labute approximate surface area is 238 Å². The van der Waals surface area contributed by atoms with E-state index in [-0.39, 0.29) is 16.9 Å². The fourth-order valence-corrected chi connectivity index (χ4v) is 4.72. The second-order valence-corrected chi connectivity index (χ2v) is 10.6. The average Bonchev–Trinajstić information content (AvgIpc) is 2.96. The lowest BCUT2D eigenvalue weighted by Gasteiger charge is -2.15. The van der Waals surface area contributed by atoms with Crippen molar-refractivity contribution in [3.8, 4) is 0 Å². The van der Waals surface area contributed by atoms with Crippen molar-refractivity contribution in [3.63, 3.8) is 0 Å². The number of anilines is 2. The SMILES string of the molecule is Cc1cccc(NC(=O)C(C)Sc2cccc(NC(=O)/C(=C/c3cccnc3)NC(=O)c3ccccc3)c2)c1C. The van der Waals surface area contributed by atoms with Crippen molar-refractivity contribution < 1.29 is 14.4 Å². The van der Waals surface area contributed by atoms with Crippen molar-refractivity contribution in [2.75, 3.05) is 10.6 Å². The molecule has 0 bridgehead atoms. The molecule has 4 aromatic rings. The van der Waals surface area contributed by atoms with Crippen LogP contribution in [0, 0.1) is 13.8 Å². The highest BCUT2D eigenvalue weighted by Gasteiger charge is 2.18. The van der Waals surface area contributed by atoms with E-state index in [0.717, 1.165) is 21.7 Å². The van der Waals surface area contributed by atoms with Crippen LogP contribution < -0.4 is 16.0 Å². The lowest BCUT2D eigenvalue weighted by molar-refractivity contribution is -0.115. The van der Waals surface area contributed by atoms with Crippen LogP contribution >= 0.6 is 11.8 Å². The van der Waals surface area contributed by atoms with E-state index >= 15 is 0 Å². The second-order valence-electron chi connectivity index (χ2n) is 9.14. The number of aromatic nitrogens is 1. The molecule has 0 aliphatic rings. The summed E-state index contributed by atoms with van der Waals surface area (Å²) in [5.74, 6) is -1.01. The molecule has 0 aliphatic carbocycles. The summed E-state index contributed by atoms with van der Waals surface area (Å²) in [6.07, 6.45) is 4.80. The van der Waals surface area contributed by atoms with Crippen molar-refractivity contribution in [2.24, 2.45) is 0 Å². The molecule has 3 amide bonds. The van der Waals surface area contributed by atoms with Gasteiger partial charge in [0, 0.05) is 34.2 Å². The maximum atomic E-state index is 13.3. The van der Waals surface area contributed by atoms with Crippen LogP contribution in [0.2, 0.25) is 0 Å². The summed E-state index contributed by atoms with van der Waals surface area (Å²) >= 11 is 1.39. The van der Waals surface area contributed by atoms with Crippen LogP contribution in [-0.4, -0.2) is 28.0 Å². The monoisotopic (exact) mass is 550 g/mol. The number of pyridine rings is 1. The van der Waals surface area contributed by atoms with E-state index in [1.165, 1.54) is 11.8 Å². The maximum Gasteiger partial charge on any atom is 0.272 e. The largest absolute Gasteiger partial charge is 0.325 e. The summed E-state index contributed by atoms with van der Waals surface area (Å²) in [4.78, 5) is 43.9. The van der Waals surface area contributed by atoms with E-state index < -0.39 is 11.8 Å². The van der Waals surface area contributed by atoms with Gasteiger partial charge < -0.3 is 16.0 Å². The Balaban J connectivity index is 1.46. The molecule has 3 N–H and O–H groups in total. The average molecular weight is 551 g/mol. The normalized spacial score (nSPS) is 11.8. The first-order valence-corrected chi connectivity index (χ1v) is 13.6. The minimum absolute atomic E-state index is 0.0705. The summed E-state index contributed by atoms with van der Waals surface area (Å²) in [6.45, 7) is 5.83. The van der Waals surface area contributed by atoms with Crippen molar-refractivity contribution in [1.29, 1.82) is 0 Å². The molecule has 1 aromatic heterocycles. The standard InChI is InChI=1S/C32H30N4O3S/c1-21-10-7-16-28(22(21)2)35-30(37)23(3)40-27-15-8-14-26(19-27)34-32(39)29(18-24-11-9-17-33-20-24)36-31(38)25-12-5-4-6-13-25/h4-20,23H,1-3H3,(H,34,39)(H,35,37)(H,36,38)/b29-18-. The van der Waals surface area contributed by atoms with Gasteiger partial charge in [-0.05, 0) is 86.0 Å². The molecule has 40 heavy (non-hydrogen) atoms. The molecule has 0 spiro atoms. The smallest absolute Gasteiger partial charge is 0.272 e. The van der Waals surface area contributed by atoms with E-state index in [4.69, 9.17) is 0 Å². The highest BCUT2D eigenvalue weighted by Crippen LogP contribution is 2.27. The van der Waals surface area contributed by atoms with E-state index in [0.29, 0.717) is 16.8 Å². The molecule has 7 nitrogen and oxygen atoms in total. The predicted molar refractivity (Wildman–Crippen MR) is 161 cm³/mol. The van der Waals surface area contributed by atoms with Crippen molar-refractivity contribution >= 4 is 46.9 Å². The third kappa shape index (κ3) is 7.68. The lowest BCUT2D eigenvalue weighted by atomic mass is 10.1. The van der Waals surface area contributed by atoms with Crippen molar-refractivity contribution in [1.82, 2.24) is 10.3 Å². The van der Waals surface area contributed by atoms with Crippen molar-refractivity contribution in [2.45, 2.75) is 30.9 Å². The van der Waals surface area contributed by atoms with Crippen LogP contribution in [-0.2, 0) is 9.59 Å². The van der Waals surface area contributed by atoms with Gasteiger partial charge in [-0.3, -0.25) is 19.4 Å². The molecule has 0 saturated carbocycles. The Morgan fingerprint density at radius 3 is 2.40 bits per heavy atom. The van der Waals surface area contributed by atoms with Crippen molar-refractivity contribution in [3.05, 3.63) is 125 Å². The lowest BCUT2D eigenvalue weighted by Crippen LogP contribution is -2.30. The number of carbonyl (C=O) groups excluding carboxylic acids is 3. The molecular formula is C32H30N4O3S. The predicted octanol–water partition coefficient (Wildman–Crippen LogP) is 6.23. The Morgan fingerprint density at radius 1 is 0.875 bits per heavy atom. The van der Waals surface area contributed by atoms with E-state index in [9.17, 15) is 14.4 Å². The minimum atomic E-state index is -0.490. The van der Waals surface area contributed by atoms with Gasteiger partial charge in [-0.1, -0.05) is 42.5 Å². The topological polar surface area (TPSA) is 100 Å². The molecule has 202 valence electrons. The third-order valence-electron chi connectivity index (χ3n) is 6.16. The van der Waals surface area contributed by atoms with Gasteiger partial charge in [0.15, 0.2) is 0 Å². The number of nitrogens with one attached hydrogen (secondary N) is 3. The van der Waals surface area contributed by atoms with E-state index in [1.54, 1.807) is 73.1 Å². The number of hydrogen-bond donors (Lipinski definition) is 3. The highest BCUT2D eigenvalue weighted by atomic mass is 32.2. The quantitative estimate of drug-likeness (QED) is 0.170. The number of amides is 3. The number of nitrogens with zero attached hydrogens (tertiary/aromatic N) is 1. The zero-order valence-corrected chi connectivity index (χ0v) is 23.3. The number of rotatable bonds is 9. The van der Waals surface area contributed by atoms with Crippen LogP contribution in [0.1, 0.15) is 34.0 Å². The molecule has 1 unspecified atom stereocenters. The highest BCUT2D eigenvalue weighted by molar-refractivity contribution is 8.00. The Bertz CT molecular complexity index is 1540. The second kappa shape index (κ2) is 13.4.